The Bertz CT molecular complexity index is 742. The van der Waals surface area contributed by atoms with Crippen LogP contribution in [0.3, 0.4) is 0 Å². The van der Waals surface area contributed by atoms with Crippen LogP contribution in [0.1, 0.15) is 39.5 Å². The number of nitrogens with one attached hydrogen (secondary N) is 2. The Morgan fingerprint density at radius 3 is 2.57 bits per heavy atom. The molecule has 0 amide bonds. The Labute approximate surface area is 188 Å². The molecule has 28 heavy (non-hydrogen) atoms. The Kier molecular flexibility index (Phi) is 11.6. The highest BCUT2D eigenvalue weighted by Gasteiger charge is 2.26. The molecule has 3 atom stereocenters. The Hall–Kier alpha value is -0.680. The molecule has 0 bridgehead atoms. The second kappa shape index (κ2) is 12.8. The van der Waals surface area contributed by atoms with E-state index in [1.54, 1.807) is 30.3 Å². The van der Waals surface area contributed by atoms with E-state index in [4.69, 9.17) is 0 Å². The summed E-state index contributed by atoms with van der Waals surface area (Å²) in [6.45, 7) is 4.84. The highest BCUT2D eigenvalue weighted by molar-refractivity contribution is 14.0. The molecule has 0 aromatic heterocycles. The molecule has 3 unspecified atom stereocenters. The summed E-state index contributed by atoms with van der Waals surface area (Å²) in [5.74, 6) is 1.30. The van der Waals surface area contributed by atoms with Crippen molar-refractivity contribution in [3.8, 4) is 0 Å². The molecule has 1 aliphatic rings. The van der Waals surface area contributed by atoms with Crippen LogP contribution in [0.4, 0.5) is 0 Å². The SMILES string of the molecule is CCNC(=NCCS(=O)(=O)c1ccccc1)NC1CCCC(S(=O)CC)C1.I. The standard InChI is InChI=1S/C19H31N3O3S2.HI/c1-3-20-19(22-16-9-8-10-17(15-16)26(23)4-2)21-13-14-27(24,25)18-11-6-5-7-12-18;/h5-7,11-12,16-17H,3-4,8-10,13-15H2,1-2H3,(H2,20,21,22);1H. The lowest BCUT2D eigenvalue weighted by atomic mass is 9.95. The predicted molar refractivity (Wildman–Crippen MR) is 128 cm³/mol. The Morgan fingerprint density at radius 1 is 1.21 bits per heavy atom. The molecule has 0 heterocycles. The molecule has 6 nitrogen and oxygen atoms in total. The van der Waals surface area contributed by atoms with Gasteiger partial charge in [-0.25, -0.2) is 8.42 Å². The number of aliphatic imine (C=N–C) groups is 1. The first-order valence-electron chi connectivity index (χ1n) is 9.66. The molecule has 0 saturated heterocycles. The second-order valence-electron chi connectivity index (χ2n) is 6.69. The van der Waals surface area contributed by atoms with Crippen LogP contribution in [0.15, 0.2) is 40.2 Å². The molecule has 1 aliphatic carbocycles. The van der Waals surface area contributed by atoms with Gasteiger partial charge in [-0.15, -0.1) is 24.0 Å². The fraction of sp³-hybridized carbons (Fsp3) is 0.632. The molecule has 160 valence electrons. The van der Waals surface area contributed by atoms with Gasteiger partial charge in [0.25, 0.3) is 0 Å². The van der Waals surface area contributed by atoms with E-state index in [-0.39, 0.29) is 47.6 Å². The van der Waals surface area contributed by atoms with E-state index in [2.05, 4.69) is 15.6 Å². The molecule has 1 fully saturated rings. The Morgan fingerprint density at radius 2 is 1.93 bits per heavy atom. The van der Waals surface area contributed by atoms with Crippen LogP contribution in [0.25, 0.3) is 0 Å². The zero-order chi connectivity index (χ0) is 19.7. The van der Waals surface area contributed by atoms with E-state index in [9.17, 15) is 12.6 Å². The topological polar surface area (TPSA) is 87.6 Å². The van der Waals surface area contributed by atoms with Crippen molar-refractivity contribution in [1.82, 2.24) is 10.6 Å². The summed E-state index contributed by atoms with van der Waals surface area (Å²) in [7, 11) is -4.10. The monoisotopic (exact) mass is 541 g/mol. The number of sulfone groups is 1. The van der Waals surface area contributed by atoms with Crippen molar-refractivity contribution in [3.63, 3.8) is 0 Å². The molecule has 1 saturated carbocycles. The van der Waals surface area contributed by atoms with Crippen LogP contribution in [-0.4, -0.2) is 54.5 Å². The van der Waals surface area contributed by atoms with E-state index < -0.39 is 20.6 Å². The summed E-state index contributed by atoms with van der Waals surface area (Å²) in [5, 5.41) is 6.82. The van der Waals surface area contributed by atoms with Crippen LogP contribution < -0.4 is 10.6 Å². The van der Waals surface area contributed by atoms with E-state index >= 15 is 0 Å². The Balaban J connectivity index is 0.00000392. The second-order valence-corrected chi connectivity index (χ2v) is 10.8. The number of hydrogen-bond donors (Lipinski definition) is 2. The van der Waals surface area contributed by atoms with Crippen molar-refractivity contribution in [2.75, 3.05) is 24.6 Å². The third-order valence-electron chi connectivity index (χ3n) is 4.70. The van der Waals surface area contributed by atoms with Gasteiger partial charge in [-0.05, 0) is 38.3 Å². The third kappa shape index (κ3) is 7.98. The first kappa shape index (κ1) is 25.4. The van der Waals surface area contributed by atoms with Gasteiger partial charge in [0, 0.05) is 34.4 Å². The number of benzene rings is 1. The summed E-state index contributed by atoms with van der Waals surface area (Å²) >= 11 is 0. The minimum absolute atomic E-state index is 0. The fourth-order valence-electron chi connectivity index (χ4n) is 3.29. The maximum absolute atomic E-state index is 12.4. The fourth-order valence-corrected chi connectivity index (χ4v) is 5.77. The predicted octanol–water partition coefficient (Wildman–Crippen LogP) is 2.71. The number of nitrogens with zero attached hydrogens (tertiary/aromatic N) is 1. The molecule has 1 aromatic rings. The normalized spacial score (nSPS) is 21.4. The van der Waals surface area contributed by atoms with Gasteiger partial charge in [0.05, 0.1) is 17.2 Å². The average Bonchev–Trinajstić information content (AvgIpc) is 2.68. The molecule has 0 radical (unpaired) electrons. The van der Waals surface area contributed by atoms with Crippen LogP contribution in [0, 0.1) is 0 Å². The van der Waals surface area contributed by atoms with Crippen molar-refractivity contribution in [1.29, 1.82) is 0 Å². The number of rotatable bonds is 8. The summed E-state index contributed by atoms with van der Waals surface area (Å²) in [6, 6.07) is 8.69. The summed E-state index contributed by atoms with van der Waals surface area (Å²) in [4.78, 5) is 4.78. The van der Waals surface area contributed by atoms with Crippen LogP contribution in [0.5, 0.6) is 0 Å². The lowest BCUT2D eigenvalue weighted by Crippen LogP contribution is -2.46. The van der Waals surface area contributed by atoms with Gasteiger partial charge in [0.15, 0.2) is 15.8 Å². The third-order valence-corrected chi connectivity index (χ3v) is 8.15. The molecule has 9 heteroatoms. The highest BCUT2D eigenvalue weighted by atomic mass is 127. The molecule has 2 rings (SSSR count). The lowest BCUT2D eigenvalue weighted by molar-refractivity contribution is 0.413. The molecular formula is C19H32IN3O3S2. The largest absolute Gasteiger partial charge is 0.357 e. The van der Waals surface area contributed by atoms with E-state index in [1.165, 1.54) is 0 Å². The molecule has 0 spiro atoms. The van der Waals surface area contributed by atoms with Gasteiger partial charge in [0.2, 0.25) is 0 Å². The van der Waals surface area contributed by atoms with Crippen molar-refractivity contribution in [2.24, 2.45) is 4.99 Å². The van der Waals surface area contributed by atoms with Gasteiger partial charge >= 0.3 is 0 Å². The quantitative estimate of drug-likeness (QED) is 0.300. The summed E-state index contributed by atoms with van der Waals surface area (Å²) in [5.41, 5.74) is 0. The maximum Gasteiger partial charge on any atom is 0.191 e. The zero-order valence-electron chi connectivity index (χ0n) is 16.6. The first-order valence-corrected chi connectivity index (χ1v) is 12.7. The number of hydrogen-bond acceptors (Lipinski definition) is 4. The smallest absolute Gasteiger partial charge is 0.191 e. The first-order chi connectivity index (χ1) is 13.0. The van der Waals surface area contributed by atoms with E-state index in [0.29, 0.717) is 23.2 Å². The van der Waals surface area contributed by atoms with Gasteiger partial charge < -0.3 is 10.6 Å². The number of guanidine groups is 1. The highest BCUT2D eigenvalue weighted by Crippen LogP contribution is 2.23. The van der Waals surface area contributed by atoms with Gasteiger partial charge in [-0.2, -0.15) is 0 Å². The molecule has 2 N–H and O–H groups in total. The minimum Gasteiger partial charge on any atom is -0.357 e. The average molecular weight is 542 g/mol. The maximum atomic E-state index is 12.4. The van der Waals surface area contributed by atoms with Gasteiger partial charge in [0.1, 0.15) is 0 Å². The van der Waals surface area contributed by atoms with Crippen molar-refractivity contribution >= 4 is 50.6 Å². The van der Waals surface area contributed by atoms with Crippen LogP contribution >= 0.6 is 24.0 Å². The number of halogens is 1. The van der Waals surface area contributed by atoms with Crippen molar-refractivity contribution in [2.45, 2.75) is 55.7 Å². The zero-order valence-corrected chi connectivity index (χ0v) is 20.6. The lowest BCUT2D eigenvalue weighted by Gasteiger charge is -2.30. The van der Waals surface area contributed by atoms with E-state index in [1.807, 2.05) is 13.8 Å². The van der Waals surface area contributed by atoms with Gasteiger partial charge in [-0.3, -0.25) is 9.20 Å². The van der Waals surface area contributed by atoms with E-state index in [0.717, 1.165) is 25.7 Å². The van der Waals surface area contributed by atoms with Gasteiger partial charge in [-0.1, -0.05) is 31.5 Å². The summed E-state index contributed by atoms with van der Waals surface area (Å²) in [6.07, 6.45) is 3.95. The minimum atomic E-state index is -3.33. The summed E-state index contributed by atoms with van der Waals surface area (Å²) < 4.78 is 36.8. The molecule has 1 aromatic carbocycles. The van der Waals surface area contributed by atoms with Crippen molar-refractivity contribution < 1.29 is 12.6 Å². The van der Waals surface area contributed by atoms with Crippen molar-refractivity contribution in [3.05, 3.63) is 30.3 Å². The van der Waals surface area contributed by atoms with Crippen LogP contribution in [0.2, 0.25) is 0 Å². The molecular weight excluding hydrogens is 509 g/mol. The van der Waals surface area contributed by atoms with Crippen LogP contribution in [-0.2, 0) is 20.6 Å². The molecule has 0 aliphatic heterocycles.